The van der Waals surface area contributed by atoms with Gasteiger partial charge in [-0.25, -0.2) is 9.97 Å². The minimum atomic E-state index is 0.0687. The summed E-state index contributed by atoms with van der Waals surface area (Å²) in [6, 6.07) is 13.2. The normalized spacial score (nSPS) is 14.2. The molecule has 2 heterocycles. The Hall–Kier alpha value is -3.35. The monoisotopic (exact) mass is 378 g/mol. The summed E-state index contributed by atoms with van der Waals surface area (Å²) in [4.78, 5) is 25.6. The Labute approximate surface area is 163 Å². The maximum absolute atomic E-state index is 12.7. The molecule has 1 saturated heterocycles. The lowest BCUT2D eigenvalue weighted by atomic mass is 10.1. The second kappa shape index (κ2) is 7.72. The number of ether oxygens (including phenoxy) is 2. The van der Waals surface area contributed by atoms with E-state index in [-0.39, 0.29) is 5.91 Å². The van der Waals surface area contributed by atoms with Gasteiger partial charge in [0, 0.05) is 43.2 Å². The number of rotatable bonds is 4. The summed E-state index contributed by atoms with van der Waals surface area (Å²) < 4.78 is 10.8. The molecule has 1 aliphatic rings. The third-order valence-electron chi connectivity index (χ3n) is 5.01. The molecule has 0 radical (unpaired) electrons. The summed E-state index contributed by atoms with van der Waals surface area (Å²) in [6.45, 7) is 2.71. The highest BCUT2D eigenvalue weighted by molar-refractivity contribution is 5.95. The molecule has 2 aromatic carbocycles. The maximum atomic E-state index is 12.7. The maximum Gasteiger partial charge on any atom is 0.253 e. The van der Waals surface area contributed by atoms with E-state index in [4.69, 9.17) is 9.47 Å². The molecule has 28 heavy (non-hydrogen) atoms. The van der Waals surface area contributed by atoms with Crippen molar-refractivity contribution in [3.63, 3.8) is 0 Å². The molecule has 7 nitrogen and oxygen atoms in total. The first-order chi connectivity index (χ1) is 13.7. The van der Waals surface area contributed by atoms with Crippen LogP contribution in [0.1, 0.15) is 10.4 Å². The molecule has 0 N–H and O–H groups in total. The molecule has 1 amide bonds. The number of benzene rings is 2. The fourth-order valence-electron chi connectivity index (χ4n) is 3.51. The molecule has 0 atom stereocenters. The molecule has 7 heteroatoms. The zero-order valence-corrected chi connectivity index (χ0v) is 16.0. The highest BCUT2D eigenvalue weighted by atomic mass is 16.5. The van der Waals surface area contributed by atoms with E-state index < -0.39 is 0 Å². The van der Waals surface area contributed by atoms with Crippen LogP contribution in [0.4, 0.5) is 5.82 Å². The van der Waals surface area contributed by atoms with Crippen LogP contribution < -0.4 is 14.4 Å². The second-order valence-corrected chi connectivity index (χ2v) is 6.57. The van der Waals surface area contributed by atoms with Gasteiger partial charge in [-0.15, -0.1) is 0 Å². The molecule has 0 aliphatic carbocycles. The average Bonchev–Trinajstić information content (AvgIpc) is 2.77. The van der Waals surface area contributed by atoms with Crippen LogP contribution in [0.15, 0.2) is 48.8 Å². The lowest BCUT2D eigenvalue weighted by Gasteiger charge is -2.35. The Bertz CT molecular complexity index is 986. The van der Waals surface area contributed by atoms with Gasteiger partial charge in [0.1, 0.15) is 12.1 Å². The van der Waals surface area contributed by atoms with E-state index in [9.17, 15) is 4.79 Å². The number of aromatic nitrogens is 2. The van der Waals surface area contributed by atoms with Crippen LogP contribution in [-0.4, -0.2) is 61.2 Å². The Morgan fingerprint density at radius 2 is 1.61 bits per heavy atom. The second-order valence-electron chi connectivity index (χ2n) is 6.57. The summed E-state index contributed by atoms with van der Waals surface area (Å²) in [5.41, 5.74) is 1.52. The van der Waals surface area contributed by atoms with Crippen molar-refractivity contribution in [2.24, 2.45) is 0 Å². The third kappa shape index (κ3) is 3.31. The van der Waals surface area contributed by atoms with E-state index in [0.717, 1.165) is 22.3 Å². The largest absolute Gasteiger partial charge is 0.493 e. The smallest absolute Gasteiger partial charge is 0.253 e. The first-order valence-electron chi connectivity index (χ1n) is 9.17. The minimum absolute atomic E-state index is 0.0687. The molecule has 1 aliphatic heterocycles. The van der Waals surface area contributed by atoms with E-state index in [2.05, 4.69) is 14.9 Å². The minimum Gasteiger partial charge on any atom is -0.493 e. The fourth-order valence-corrected chi connectivity index (χ4v) is 3.51. The highest BCUT2D eigenvalue weighted by Crippen LogP contribution is 2.34. The Kier molecular flexibility index (Phi) is 4.97. The van der Waals surface area contributed by atoms with Crippen molar-refractivity contribution in [3.05, 3.63) is 54.4 Å². The molecular formula is C21H22N4O3. The summed E-state index contributed by atoms with van der Waals surface area (Å²) in [6.07, 6.45) is 1.56. The Balaban J connectivity index is 1.56. The van der Waals surface area contributed by atoms with Crippen LogP contribution in [0.25, 0.3) is 10.9 Å². The van der Waals surface area contributed by atoms with E-state index in [0.29, 0.717) is 37.7 Å². The number of carbonyl (C=O) groups is 1. The first-order valence-corrected chi connectivity index (χ1v) is 9.17. The molecule has 0 unspecified atom stereocenters. The lowest BCUT2D eigenvalue weighted by Crippen LogP contribution is -2.49. The molecule has 1 fully saturated rings. The van der Waals surface area contributed by atoms with Gasteiger partial charge in [-0.2, -0.15) is 0 Å². The number of anilines is 1. The number of amides is 1. The molecule has 144 valence electrons. The molecule has 1 aromatic heterocycles. The summed E-state index contributed by atoms with van der Waals surface area (Å²) in [5, 5.41) is 0.906. The van der Waals surface area contributed by atoms with E-state index >= 15 is 0 Å². The average molecular weight is 378 g/mol. The van der Waals surface area contributed by atoms with E-state index in [1.165, 1.54) is 0 Å². The molecule has 3 aromatic rings. The lowest BCUT2D eigenvalue weighted by molar-refractivity contribution is 0.0746. The number of fused-ring (bicyclic) bond motifs is 1. The van der Waals surface area contributed by atoms with E-state index in [1.807, 2.05) is 47.4 Å². The topological polar surface area (TPSA) is 67.8 Å². The number of nitrogens with zero attached hydrogens (tertiary/aromatic N) is 4. The van der Waals surface area contributed by atoms with Crippen LogP contribution in [0.3, 0.4) is 0 Å². The van der Waals surface area contributed by atoms with Gasteiger partial charge in [0.25, 0.3) is 5.91 Å². The van der Waals surface area contributed by atoms with Crippen LogP contribution in [0, 0.1) is 0 Å². The molecule has 0 saturated carbocycles. The number of hydrogen-bond donors (Lipinski definition) is 0. The summed E-state index contributed by atoms with van der Waals surface area (Å²) in [5.74, 6) is 2.19. The van der Waals surface area contributed by atoms with Crippen LogP contribution >= 0.6 is 0 Å². The van der Waals surface area contributed by atoms with Gasteiger partial charge in [0.05, 0.1) is 19.7 Å². The zero-order chi connectivity index (χ0) is 19.5. The standard InChI is InChI=1S/C21H22N4O3/c1-27-18-12-16-17(13-19(18)28-2)22-14-23-20(16)24-8-10-25(11-9-24)21(26)15-6-4-3-5-7-15/h3-7,12-14H,8-11H2,1-2H3. The third-order valence-corrected chi connectivity index (χ3v) is 5.01. The van der Waals surface area contributed by atoms with Crippen molar-refractivity contribution in [2.75, 3.05) is 45.3 Å². The Morgan fingerprint density at radius 1 is 0.929 bits per heavy atom. The van der Waals surface area contributed by atoms with Gasteiger partial charge in [0.15, 0.2) is 11.5 Å². The predicted molar refractivity (Wildman–Crippen MR) is 107 cm³/mol. The molecule has 4 rings (SSSR count). The summed E-state index contributed by atoms with van der Waals surface area (Å²) >= 11 is 0. The SMILES string of the molecule is COc1cc2ncnc(N3CCN(C(=O)c4ccccc4)CC3)c2cc1OC. The number of piperazine rings is 1. The van der Waals surface area contributed by atoms with Crippen molar-refractivity contribution < 1.29 is 14.3 Å². The predicted octanol–water partition coefficient (Wildman–Crippen LogP) is 2.61. The zero-order valence-electron chi connectivity index (χ0n) is 16.0. The fraction of sp³-hybridized carbons (Fsp3) is 0.286. The van der Waals surface area contributed by atoms with Crippen molar-refractivity contribution >= 4 is 22.6 Å². The van der Waals surface area contributed by atoms with Crippen molar-refractivity contribution in [1.82, 2.24) is 14.9 Å². The first kappa shape index (κ1) is 18.0. The number of hydrogen-bond acceptors (Lipinski definition) is 6. The van der Waals surface area contributed by atoms with Gasteiger partial charge in [-0.1, -0.05) is 18.2 Å². The van der Waals surface area contributed by atoms with Crippen molar-refractivity contribution in [2.45, 2.75) is 0 Å². The van der Waals surface area contributed by atoms with Gasteiger partial charge < -0.3 is 19.3 Å². The number of carbonyl (C=O) groups excluding carboxylic acids is 1. The number of methoxy groups -OCH3 is 2. The van der Waals surface area contributed by atoms with Crippen LogP contribution in [-0.2, 0) is 0 Å². The van der Waals surface area contributed by atoms with E-state index in [1.54, 1.807) is 20.5 Å². The van der Waals surface area contributed by atoms with Gasteiger partial charge in [0.2, 0.25) is 0 Å². The highest BCUT2D eigenvalue weighted by Gasteiger charge is 2.24. The molecule has 0 spiro atoms. The quantitative estimate of drug-likeness (QED) is 0.695. The van der Waals surface area contributed by atoms with Gasteiger partial charge in [-0.3, -0.25) is 4.79 Å². The Morgan fingerprint density at radius 3 is 2.29 bits per heavy atom. The molecular weight excluding hydrogens is 356 g/mol. The van der Waals surface area contributed by atoms with Crippen LogP contribution in [0.2, 0.25) is 0 Å². The van der Waals surface area contributed by atoms with Gasteiger partial charge in [-0.05, 0) is 18.2 Å². The van der Waals surface area contributed by atoms with Crippen molar-refractivity contribution in [3.8, 4) is 11.5 Å². The van der Waals surface area contributed by atoms with Crippen molar-refractivity contribution in [1.29, 1.82) is 0 Å². The summed E-state index contributed by atoms with van der Waals surface area (Å²) in [7, 11) is 3.22. The van der Waals surface area contributed by atoms with Crippen LogP contribution in [0.5, 0.6) is 11.5 Å². The van der Waals surface area contributed by atoms with Gasteiger partial charge >= 0.3 is 0 Å². The molecule has 0 bridgehead atoms.